The van der Waals surface area contributed by atoms with E-state index in [2.05, 4.69) is 30.0 Å². The molecule has 0 bridgehead atoms. The minimum Gasteiger partial charge on any atom is -0.369 e. The van der Waals surface area contributed by atoms with E-state index in [1.54, 1.807) is 0 Å². The first-order valence-electron chi connectivity index (χ1n) is 8.86. The van der Waals surface area contributed by atoms with E-state index in [-0.39, 0.29) is 5.60 Å². The third-order valence-electron chi connectivity index (χ3n) is 4.95. The highest BCUT2D eigenvalue weighted by Crippen LogP contribution is 2.31. The number of piperidine rings is 1. The maximum atomic E-state index is 6.27. The fourth-order valence-corrected chi connectivity index (χ4v) is 3.67. The van der Waals surface area contributed by atoms with Crippen molar-refractivity contribution in [2.75, 3.05) is 42.6 Å². The highest BCUT2D eigenvalue weighted by atomic mass is 16.5. The minimum atomic E-state index is -0.197. The Hall–Kier alpha value is -2.28. The summed E-state index contributed by atoms with van der Waals surface area (Å²) in [5, 5.41) is 8.54. The first kappa shape index (κ1) is 16.2. The lowest BCUT2D eigenvalue weighted by molar-refractivity contribution is -0.0634. The van der Waals surface area contributed by atoms with Crippen molar-refractivity contribution in [2.24, 2.45) is 0 Å². The van der Waals surface area contributed by atoms with Crippen LogP contribution in [0.1, 0.15) is 24.1 Å². The lowest BCUT2D eigenvalue weighted by Crippen LogP contribution is -2.60. The van der Waals surface area contributed by atoms with E-state index in [0.717, 1.165) is 62.0 Å². The van der Waals surface area contributed by atoms with Crippen LogP contribution < -0.4 is 9.80 Å². The van der Waals surface area contributed by atoms with Crippen LogP contribution in [0.4, 0.5) is 11.8 Å². The van der Waals surface area contributed by atoms with Crippen LogP contribution in [0.2, 0.25) is 0 Å². The monoisotopic (exact) mass is 340 g/mol. The third-order valence-corrected chi connectivity index (χ3v) is 4.95. The van der Waals surface area contributed by atoms with Crippen LogP contribution in [0.15, 0.2) is 24.5 Å². The van der Waals surface area contributed by atoms with Gasteiger partial charge in [0.15, 0.2) is 5.82 Å². The summed E-state index contributed by atoms with van der Waals surface area (Å²) >= 11 is 0. The average Bonchev–Trinajstić information content (AvgIpc) is 2.63. The summed E-state index contributed by atoms with van der Waals surface area (Å²) in [5.41, 5.74) is 1.82. The number of ether oxygens (including phenoxy) is 1. The normalized spacial score (nSPS) is 23.9. The molecule has 132 valence electrons. The Balaban J connectivity index is 1.52. The Morgan fingerprint density at radius 3 is 2.56 bits per heavy atom. The molecule has 0 aromatic carbocycles. The van der Waals surface area contributed by atoms with Gasteiger partial charge in [0, 0.05) is 25.5 Å². The van der Waals surface area contributed by atoms with E-state index in [4.69, 9.17) is 4.74 Å². The molecule has 2 saturated heterocycles. The van der Waals surface area contributed by atoms with Crippen LogP contribution in [0.5, 0.6) is 0 Å². The van der Waals surface area contributed by atoms with Crippen LogP contribution >= 0.6 is 0 Å². The zero-order valence-electron chi connectivity index (χ0n) is 14.9. The number of rotatable bonds is 2. The number of morpholine rings is 1. The van der Waals surface area contributed by atoms with Crippen LogP contribution in [0, 0.1) is 13.8 Å². The molecule has 0 radical (unpaired) electrons. The second-order valence-electron chi connectivity index (χ2n) is 7.07. The fraction of sp³-hybridized carbons (Fsp3) is 0.556. The molecular weight excluding hydrogens is 316 g/mol. The van der Waals surface area contributed by atoms with Crippen molar-refractivity contribution < 1.29 is 4.74 Å². The molecule has 2 aromatic rings. The lowest BCUT2D eigenvalue weighted by Gasteiger charge is -2.48. The van der Waals surface area contributed by atoms with Crippen LogP contribution in [0.3, 0.4) is 0 Å². The molecular formula is C18H24N6O. The number of hydrogen-bond donors (Lipinski definition) is 0. The summed E-state index contributed by atoms with van der Waals surface area (Å²) in [4.78, 5) is 13.5. The van der Waals surface area contributed by atoms with E-state index < -0.39 is 0 Å². The quantitative estimate of drug-likeness (QED) is 0.825. The Labute approximate surface area is 148 Å². The van der Waals surface area contributed by atoms with Crippen LogP contribution in [-0.4, -0.2) is 58.6 Å². The Bertz CT molecular complexity index is 654. The van der Waals surface area contributed by atoms with Crippen molar-refractivity contribution in [3.05, 3.63) is 35.8 Å². The van der Waals surface area contributed by atoms with Gasteiger partial charge in [-0.15, -0.1) is 5.10 Å². The highest BCUT2D eigenvalue weighted by molar-refractivity contribution is 5.40. The van der Waals surface area contributed by atoms with Gasteiger partial charge in [-0.25, -0.2) is 9.97 Å². The van der Waals surface area contributed by atoms with Gasteiger partial charge in [0.05, 0.1) is 25.4 Å². The zero-order valence-corrected chi connectivity index (χ0v) is 14.9. The Morgan fingerprint density at radius 2 is 1.80 bits per heavy atom. The van der Waals surface area contributed by atoms with Crippen molar-refractivity contribution >= 4 is 11.8 Å². The van der Waals surface area contributed by atoms with Gasteiger partial charge in [0.2, 0.25) is 5.95 Å². The molecule has 2 aliphatic heterocycles. The van der Waals surface area contributed by atoms with Crippen LogP contribution in [-0.2, 0) is 4.74 Å². The molecule has 1 unspecified atom stereocenters. The van der Waals surface area contributed by atoms with Gasteiger partial charge in [-0.2, -0.15) is 5.10 Å². The van der Waals surface area contributed by atoms with E-state index in [1.807, 2.05) is 38.4 Å². The SMILES string of the molecule is Cc1cnc(N2CCOC3(CCCN(c4ccc(C)nn4)C3)C2)nc1. The molecule has 1 atom stereocenters. The summed E-state index contributed by atoms with van der Waals surface area (Å²) in [5.74, 6) is 1.72. The van der Waals surface area contributed by atoms with Gasteiger partial charge in [-0.1, -0.05) is 0 Å². The Kier molecular flexibility index (Phi) is 4.25. The van der Waals surface area contributed by atoms with Crippen molar-refractivity contribution in [1.82, 2.24) is 20.2 Å². The van der Waals surface area contributed by atoms with Gasteiger partial charge < -0.3 is 14.5 Å². The summed E-state index contributed by atoms with van der Waals surface area (Å²) in [7, 11) is 0. The molecule has 2 aromatic heterocycles. The molecule has 0 saturated carbocycles. The van der Waals surface area contributed by atoms with Crippen molar-refractivity contribution in [2.45, 2.75) is 32.3 Å². The molecule has 25 heavy (non-hydrogen) atoms. The number of aryl methyl sites for hydroxylation is 2. The largest absolute Gasteiger partial charge is 0.369 e. The summed E-state index contributed by atoms with van der Waals surface area (Å²) in [6, 6.07) is 4.06. The fourth-order valence-electron chi connectivity index (χ4n) is 3.67. The van der Waals surface area contributed by atoms with E-state index in [9.17, 15) is 0 Å². The molecule has 7 heteroatoms. The van der Waals surface area contributed by atoms with Crippen LogP contribution in [0.25, 0.3) is 0 Å². The first-order chi connectivity index (χ1) is 12.1. The molecule has 0 amide bonds. The lowest BCUT2D eigenvalue weighted by atomic mass is 9.90. The predicted octanol–water partition coefficient (Wildman–Crippen LogP) is 1.76. The summed E-state index contributed by atoms with van der Waals surface area (Å²) < 4.78 is 6.27. The van der Waals surface area contributed by atoms with Gasteiger partial charge in [0.1, 0.15) is 5.60 Å². The third kappa shape index (κ3) is 3.42. The summed E-state index contributed by atoms with van der Waals surface area (Å²) in [6.07, 6.45) is 5.88. The van der Waals surface area contributed by atoms with E-state index in [0.29, 0.717) is 6.61 Å². The average molecular weight is 340 g/mol. The number of nitrogens with zero attached hydrogens (tertiary/aromatic N) is 6. The number of aromatic nitrogens is 4. The van der Waals surface area contributed by atoms with E-state index in [1.165, 1.54) is 0 Å². The molecule has 0 aliphatic carbocycles. The molecule has 1 spiro atoms. The molecule has 7 nitrogen and oxygen atoms in total. The second-order valence-corrected chi connectivity index (χ2v) is 7.07. The number of anilines is 2. The van der Waals surface area contributed by atoms with Crippen molar-refractivity contribution in [3.8, 4) is 0 Å². The Morgan fingerprint density at radius 1 is 1.00 bits per heavy atom. The number of hydrogen-bond acceptors (Lipinski definition) is 7. The minimum absolute atomic E-state index is 0.197. The van der Waals surface area contributed by atoms with Gasteiger partial charge in [-0.05, 0) is 44.4 Å². The summed E-state index contributed by atoms with van der Waals surface area (Å²) in [6.45, 7) is 8.12. The maximum Gasteiger partial charge on any atom is 0.225 e. The molecule has 0 N–H and O–H groups in total. The maximum absolute atomic E-state index is 6.27. The second kappa shape index (κ2) is 6.55. The van der Waals surface area contributed by atoms with Gasteiger partial charge in [-0.3, -0.25) is 0 Å². The standard InChI is InChI=1S/C18H24N6O/c1-14-10-19-17(20-11-14)24-8-9-25-18(13-24)6-3-7-23(12-18)16-5-4-15(2)21-22-16/h4-5,10-11H,3,6-9,12-13H2,1-2H3. The van der Waals surface area contributed by atoms with Crippen molar-refractivity contribution in [1.29, 1.82) is 0 Å². The topological polar surface area (TPSA) is 67.3 Å². The predicted molar refractivity (Wildman–Crippen MR) is 95.9 cm³/mol. The molecule has 2 fully saturated rings. The molecule has 2 aliphatic rings. The first-order valence-corrected chi connectivity index (χ1v) is 8.86. The smallest absolute Gasteiger partial charge is 0.225 e. The molecule has 4 heterocycles. The van der Waals surface area contributed by atoms with Gasteiger partial charge >= 0.3 is 0 Å². The van der Waals surface area contributed by atoms with Gasteiger partial charge in [0.25, 0.3) is 0 Å². The molecule has 4 rings (SSSR count). The van der Waals surface area contributed by atoms with Crippen molar-refractivity contribution in [3.63, 3.8) is 0 Å². The highest BCUT2D eigenvalue weighted by Gasteiger charge is 2.41. The zero-order chi connectivity index (χ0) is 17.3. The van der Waals surface area contributed by atoms with E-state index >= 15 is 0 Å².